The van der Waals surface area contributed by atoms with Crippen molar-refractivity contribution >= 4 is 18.0 Å². The summed E-state index contributed by atoms with van der Waals surface area (Å²) in [6, 6.07) is -0.396. The van der Waals surface area contributed by atoms with Gasteiger partial charge in [0.1, 0.15) is 6.04 Å². The zero-order valence-electron chi connectivity index (χ0n) is 18.8. The Labute approximate surface area is 184 Å². The quantitative estimate of drug-likeness (QED) is 0.505. The van der Waals surface area contributed by atoms with Crippen LogP contribution >= 0.6 is 0 Å². The van der Waals surface area contributed by atoms with Crippen molar-refractivity contribution in [3.05, 3.63) is 0 Å². The number of nitrogens with zero attached hydrogens (tertiary/aromatic N) is 2. The first kappa shape index (κ1) is 23.8. The van der Waals surface area contributed by atoms with Gasteiger partial charge in [0, 0.05) is 25.7 Å². The van der Waals surface area contributed by atoms with E-state index < -0.39 is 18.2 Å². The summed E-state index contributed by atoms with van der Waals surface area (Å²) in [5, 5.41) is 10.4. The fraction of sp³-hybridized carbons (Fsp3) is 0.864. The van der Waals surface area contributed by atoms with Gasteiger partial charge in [0.25, 0.3) is 0 Å². The average Bonchev–Trinajstić information content (AvgIpc) is 2.77. The summed E-state index contributed by atoms with van der Waals surface area (Å²) >= 11 is 0. The molecule has 1 amide bonds. The molecule has 0 bridgehead atoms. The number of hydrogen-bond donors (Lipinski definition) is 1. The maximum Gasteiger partial charge on any atom is 0.410 e. The molecule has 176 valence electrons. The summed E-state index contributed by atoms with van der Waals surface area (Å²) in [5.41, 5.74) is 0. The van der Waals surface area contributed by atoms with Crippen molar-refractivity contribution in [1.82, 2.24) is 9.80 Å². The molecule has 2 unspecified atom stereocenters. The number of carbonyl (C=O) groups is 3. The molecule has 0 radical (unpaired) electrons. The van der Waals surface area contributed by atoms with Gasteiger partial charge in [0.05, 0.1) is 32.3 Å². The zero-order valence-corrected chi connectivity index (χ0v) is 18.8. The van der Waals surface area contributed by atoms with Crippen molar-refractivity contribution in [1.29, 1.82) is 0 Å². The van der Waals surface area contributed by atoms with Crippen LogP contribution in [0.1, 0.15) is 46.0 Å². The standard InChI is InChI=1S/C22H36N2O7/c1-4-30-20(26)16-9-18(25)13-23(11-16)17-7-6-14-12-24(22(28)29-3)19(10-15(14)8-17)21(27)31-5-2/h14-19,25H,4-13H2,1-3H3/t14-,15?,16-,17-,18+,19?/m0/s1. The predicted octanol–water partition coefficient (Wildman–Crippen LogP) is 1.42. The number of ether oxygens (including phenoxy) is 3. The average molecular weight is 441 g/mol. The second kappa shape index (κ2) is 10.6. The molecule has 1 N–H and O–H groups in total. The highest BCUT2D eigenvalue weighted by molar-refractivity contribution is 5.81. The molecule has 3 fully saturated rings. The van der Waals surface area contributed by atoms with Crippen LogP contribution in [-0.4, -0.2) is 91.1 Å². The first-order valence-electron chi connectivity index (χ1n) is 11.5. The van der Waals surface area contributed by atoms with Gasteiger partial charge in [-0.2, -0.15) is 0 Å². The molecule has 0 aromatic heterocycles. The third-order valence-corrected chi connectivity index (χ3v) is 7.01. The van der Waals surface area contributed by atoms with E-state index in [0.29, 0.717) is 45.0 Å². The zero-order chi connectivity index (χ0) is 22.5. The van der Waals surface area contributed by atoms with Crippen LogP contribution < -0.4 is 0 Å². The summed E-state index contributed by atoms with van der Waals surface area (Å²) in [4.78, 5) is 40.8. The Bertz CT molecular complexity index is 658. The van der Waals surface area contributed by atoms with Crippen LogP contribution in [0, 0.1) is 17.8 Å². The number of aliphatic hydroxyl groups excluding tert-OH is 1. The molecule has 1 saturated carbocycles. The fourth-order valence-corrected chi connectivity index (χ4v) is 5.57. The molecule has 2 saturated heterocycles. The van der Waals surface area contributed by atoms with E-state index in [1.807, 2.05) is 0 Å². The lowest BCUT2D eigenvalue weighted by Crippen LogP contribution is -2.57. The van der Waals surface area contributed by atoms with Crippen LogP contribution in [0.25, 0.3) is 0 Å². The summed E-state index contributed by atoms with van der Waals surface area (Å²) in [5.74, 6) is -0.362. The molecule has 31 heavy (non-hydrogen) atoms. The van der Waals surface area contributed by atoms with E-state index in [9.17, 15) is 19.5 Å². The molecule has 0 spiro atoms. The number of esters is 2. The third kappa shape index (κ3) is 5.49. The number of likely N-dealkylation sites (tertiary alicyclic amines) is 2. The molecule has 1 aliphatic carbocycles. The highest BCUT2D eigenvalue weighted by Gasteiger charge is 2.46. The van der Waals surface area contributed by atoms with E-state index in [1.165, 1.54) is 12.0 Å². The van der Waals surface area contributed by atoms with E-state index in [2.05, 4.69) is 4.90 Å². The van der Waals surface area contributed by atoms with Crippen LogP contribution in [0.15, 0.2) is 0 Å². The number of fused-ring (bicyclic) bond motifs is 1. The Balaban J connectivity index is 1.68. The molecule has 2 aliphatic heterocycles. The molecule has 3 aliphatic rings. The second-order valence-corrected chi connectivity index (χ2v) is 8.91. The van der Waals surface area contributed by atoms with Gasteiger partial charge in [-0.25, -0.2) is 9.59 Å². The van der Waals surface area contributed by atoms with Crippen molar-refractivity contribution < 1.29 is 33.7 Å². The van der Waals surface area contributed by atoms with E-state index in [1.54, 1.807) is 13.8 Å². The maximum atomic E-state index is 12.5. The summed E-state index contributed by atoms with van der Waals surface area (Å²) in [7, 11) is 1.33. The number of carbonyl (C=O) groups excluding carboxylic acids is 3. The van der Waals surface area contributed by atoms with Gasteiger partial charge in [-0.1, -0.05) is 0 Å². The van der Waals surface area contributed by atoms with Crippen molar-refractivity contribution in [3.8, 4) is 0 Å². The number of methoxy groups -OCH3 is 1. The van der Waals surface area contributed by atoms with Gasteiger partial charge in [-0.3, -0.25) is 14.6 Å². The van der Waals surface area contributed by atoms with Gasteiger partial charge in [-0.05, 0) is 57.8 Å². The van der Waals surface area contributed by atoms with Crippen LogP contribution in [-0.2, 0) is 23.8 Å². The predicted molar refractivity (Wildman–Crippen MR) is 111 cm³/mol. The molecular weight excluding hydrogens is 404 g/mol. The Kier molecular flexibility index (Phi) is 8.16. The van der Waals surface area contributed by atoms with Gasteiger partial charge >= 0.3 is 18.0 Å². The second-order valence-electron chi connectivity index (χ2n) is 8.91. The topological polar surface area (TPSA) is 106 Å². The molecule has 0 aromatic rings. The maximum absolute atomic E-state index is 12.5. The summed E-state index contributed by atoms with van der Waals surface area (Å²) in [6.07, 6.45) is 2.68. The molecule has 9 heteroatoms. The first-order valence-corrected chi connectivity index (χ1v) is 11.5. The fourth-order valence-electron chi connectivity index (χ4n) is 5.57. The van der Waals surface area contributed by atoms with E-state index in [0.717, 1.165) is 19.3 Å². The number of aliphatic hydroxyl groups is 1. The lowest BCUT2D eigenvalue weighted by atomic mass is 9.70. The molecule has 9 nitrogen and oxygen atoms in total. The molecule has 6 atom stereocenters. The molecular formula is C22H36N2O7. The van der Waals surface area contributed by atoms with Gasteiger partial charge in [0.2, 0.25) is 0 Å². The number of piperidine rings is 2. The van der Waals surface area contributed by atoms with Crippen molar-refractivity contribution in [2.24, 2.45) is 17.8 Å². The number of rotatable bonds is 5. The van der Waals surface area contributed by atoms with Gasteiger partial charge in [0.15, 0.2) is 0 Å². The smallest absolute Gasteiger partial charge is 0.410 e. The Hall–Kier alpha value is -1.87. The third-order valence-electron chi connectivity index (χ3n) is 7.01. The van der Waals surface area contributed by atoms with Crippen LogP contribution in [0.5, 0.6) is 0 Å². The molecule has 3 rings (SSSR count). The monoisotopic (exact) mass is 440 g/mol. The Morgan fingerprint density at radius 1 is 0.903 bits per heavy atom. The van der Waals surface area contributed by atoms with Crippen molar-refractivity contribution in [2.45, 2.75) is 64.1 Å². The van der Waals surface area contributed by atoms with Gasteiger partial charge in [-0.15, -0.1) is 0 Å². The summed E-state index contributed by atoms with van der Waals surface area (Å²) < 4.78 is 15.3. The number of amides is 1. The number of β-amino-alcohol motifs (C(OH)–C–C–N with tert-alkyl or cyclic N) is 1. The highest BCUT2D eigenvalue weighted by atomic mass is 16.6. The minimum Gasteiger partial charge on any atom is -0.466 e. The van der Waals surface area contributed by atoms with Crippen LogP contribution in [0.3, 0.4) is 0 Å². The Morgan fingerprint density at radius 2 is 1.61 bits per heavy atom. The minimum absolute atomic E-state index is 0.237. The van der Waals surface area contributed by atoms with Crippen LogP contribution in [0.4, 0.5) is 4.79 Å². The Morgan fingerprint density at radius 3 is 2.29 bits per heavy atom. The lowest BCUT2D eigenvalue weighted by Gasteiger charge is -2.49. The van der Waals surface area contributed by atoms with Crippen LogP contribution in [0.2, 0.25) is 0 Å². The highest BCUT2D eigenvalue weighted by Crippen LogP contribution is 2.41. The van der Waals surface area contributed by atoms with E-state index >= 15 is 0 Å². The van der Waals surface area contributed by atoms with Crippen molar-refractivity contribution in [2.75, 3.05) is 40.0 Å². The SMILES string of the molecule is CCOC(=O)C1CC2C[C@@H](N3C[C@H](O)C[C@H](C(=O)OCC)C3)CC[C@H]2CN1C(=O)OC. The number of hydrogen-bond acceptors (Lipinski definition) is 8. The summed E-state index contributed by atoms with van der Waals surface area (Å²) in [6.45, 7) is 5.77. The van der Waals surface area contributed by atoms with Crippen molar-refractivity contribution in [3.63, 3.8) is 0 Å². The molecule has 0 aromatic carbocycles. The normalized spacial score (nSPS) is 33.9. The first-order chi connectivity index (χ1) is 14.9. The van der Waals surface area contributed by atoms with E-state index in [4.69, 9.17) is 14.2 Å². The lowest BCUT2D eigenvalue weighted by molar-refractivity contribution is -0.155. The van der Waals surface area contributed by atoms with E-state index in [-0.39, 0.29) is 36.4 Å². The minimum atomic E-state index is -0.633. The largest absolute Gasteiger partial charge is 0.466 e. The van der Waals surface area contributed by atoms with Gasteiger partial charge < -0.3 is 19.3 Å². The molecule has 2 heterocycles.